The number of amides is 3. The largest absolute Gasteiger partial charge is 0.368 e. The molecule has 0 spiro atoms. The van der Waals surface area contributed by atoms with E-state index in [1.54, 1.807) is 18.0 Å². The van der Waals surface area contributed by atoms with Crippen molar-refractivity contribution in [3.05, 3.63) is 22.4 Å². The molecular formula is C14H17BrN4O3. The average Bonchev–Trinajstić information content (AvgIpc) is 3.03. The van der Waals surface area contributed by atoms with E-state index in [2.05, 4.69) is 21.2 Å². The monoisotopic (exact) mass is 368 g/mol. The predicted octanol–water partition coefficient (Wildman–Crippen LogP) is 0.752. The first-order valence-electron chi connectivity index (χ1n) is 7.34. The van der Waals surface area contributed by atoms with Crippen molar-refractivity contribution < 1.29 is 14.7 Å². The standard InChI is InChI=1S/C14H17BrN4O3/c1-3-18-13(21)17(2)11-10-8(6-14(11,18)22)19-7(12(20)16-10)4-5-9(19)15/h4-5,8,10-11,22H,3,6H2,1-2H3,(H,16,20)/t8-,10-,11+,14+/m1/s1. The molecule has 2 fully saturated rings. The fraction of sp³-hybridized carbons (Fsp3) is 0.571. The lowest BCUT2D eigenvalue weighted by Gasteiger charge is -2.34. The number of aliphatic hydroxyl groups is 1. The van der Waals surface area contributed by atoms with Crippen LogP contribution in [0.25, 0.3) is 0 Å². The Hall–Kier alpha value is -1.54. The number of carbonyl (C=O) groups is 2. The van der Waals surface area contributed by atoms with E-state index in [0.717, 1.165) is 4.60 Å². The Labute approximate surface area is 136 Å². The highest BCUT2D eigenvalue weighted by Crippen LogP contribution is 2.49. The summed E-state index contributed by atoms with van der Waals surface area (Å²) in [5.41, 5.74) is -0.678. The lowest BCUT2D eigenvalue weighted by Crippen LogP contribution is -2.56. The van der Waals surface area contributed by atoms with E-state index in [0.29, 0.717) is 18.7 Å². The minimum absolute atomic E-state index is 0.0864. The van der Waals surface area contributed by atoms with Crippen molar-refractivity contribution >= 4 is 27.9 Å². The fourth-order valence-electron chi connectivity index (χ4n) is 4.36. The van der Waals surface area contributed by atoms with Crippen molar-refractivity contribution in [3.8, 4) is 0 Å². The summed E-state index contributed by atoms with van der Waals surface area (Å²) in [6.07, 6.45) is 0.396. The normalized spacial score (nSPS) is 36.3. The molecule has 1 aromatic heterocycles. The molecule has 2 N–H and O–H groups in total. The van der Waals surface area contributed by atoms with Crippen LogP contribution in [0.2, 0.25) is 0 Å². The van der Waals surface area contributed by atoms with Crippen LogP contribution in [0.1, 0.15) is 29.9 Å². The molecule has 0 bridgehead atoms. The van der Waals surface area contributed by atoms with E-state index in [4.69, 9.17) is 0 Å². The molecule has 4 rings (SSSR count). The quantitative estimate of drug-likeness (QED) is 0.767. The summed E-state index contributed by atoms with van der Waals surface area (Å²) in [7, 11) is 1.68. The van der Waals surface area contributed by atoms with Gasteiger partial charge in [-0.25, -0.2) is 4.79 Å². The van der Waals surface area contributed by atoms with Crippen molar-refractivity contribution in [1.82, 2.24) is 19.7 Å². The van der Waals surface area contributed by atoms with Crippen LogP contribution in [-0.2, 0) is 0 Å². The molecule has 22 heavy (non-hydrogen) atoms. The zero-order chi connectivity index (χ0) is 15.8. The molecule has 1 saturated carbocycles. The van der Waals surface area contributed by atoms with Gasteiger partial charge in [0.2, 0.25) is 0 Å². The molecule has 8 heteroatoms. The minimum atomic E-state index is -1.26. The SMILES string of the molecule is CCN1C(=O)N(C)[C@H]2[C@@H]3NC(=O)c4ccc(Br)n4[C@@H]3C[C@]21O. The molecule has 118 valence electrons. The van der Waals surface area contributed by atoms with Crippen LogP contribution in [0.5, 0.6) is 0 Å². The van der Waals surface area contributed by atoms with E-state index in [1.807, 2.05) is 17.6 Å². The summed E-state index contributed by atoms with van der Waals surface area (Å²) in [4.78, 5) is 27.7. The molecule has 4 atom stereocenters. The Morgan fingerprint density at radius 3 is 2.86 bits per heavy atom. The maximum atomic E-state index is 12.3. The summed E-state index contributed by atoms with van der Waals surface area (Å²) < 4.78 is 2.74. The van der Waals surface area contributed by atoms with Crippen LogP contribution in [0.4, 0.5) is 4.79 Å². The zero-order valence-electron chi connectivity index (χ0n) is 12.3. The number of carbonyl (C=O) groups excluding carboxylic acids is 2. The molecule has 3 heterocycles. The van der Waals surface area contributed by atoms with Gasteiger partial charge in [0.15, 0.2) is 5.72 Å². The average molecular weight is 369 g/mol. The molecule has 0 aromatic carbocycles. The topological polar surface area (TPSA) is 77.8 Å². The summed E-state index contributed by atoms with van der Waals surface area (Å²) in [6, 6.07) is 2.56. The number of fused-ring (bicyclic) bond motifs is 5. The summed E-state index contributed by atoms with van der Waals surface area (Å²) >= 11 is 3.48. The number of aromatic nitrogens is 1. The van der Waals surface area contributed by atoms with Crippen LogP contribution < -0.4 is 5.32 Å². The van der Waals surface area contributed by atoms with Gasteiger partial charge in [0.05, 0.1) is 16.7 Å². The molecule has 1 aliphatic carbocycles. The number of likely N-dealkylation sites (N-methyl/N-ethyl adjacent to an activating group) is 2. The van der Waals surface area contributed by atoms with Crippen molar-refractivity contribution in [2.75, 3.05) is 13.6 Å². The molecule has 3 amide bonds. The summed E-state index contributed by atoms with van der Waals surface area (Å²) in [5.74, 6) is -0.174. The van der Waals surface area contributed by atoms with Crippen LogP contribution in [0.3, 0.4) is 0 Å². The Morgan fingerprint density at radius 1 is 1.45 bits per heavy atom. The second-order valence-corrected chi connectivity index (χ2v) is 6.96. The van der Waals surface area contributed by atoms with Gasteiger partial charge in [-0.3, -0.25) is 9.69 Å². The number of rotatable bonds is 1. The number of nitrogens with one attached hydrogen (secondary N) is 1. The number of hydrogen-bond donors (Lipinski definition) is 2. The molecule has 7 nitrogen and oxygen atoms in total. The molecule has 0 radical (unpaired) electrons. The van der Waals surface area contributed by atoms with Crippen molar-refractivity contribution in [2.45, 2.75) is 37.2 Å². The maximum Gasteiger partial charge on any atom is 0.322 e. The Kier molecular flexibility index (Phi) is 2.73. The lowest BCUT2D eigenvalue weighted by molar-refractivity contribution is -0.0714. The highest BCUT2D eigenvalue weighted by atomic mass is 79.9. The van der Waals surface area contributed by atoms with Crippen molar-refractivity contribution in [2.24, 2.45) is 0 Å². The highest BCUT2D eigenvalue weighted by molar-refractivity contribution is 9.10. The third kappa shape index (κ3) is 1.44. The second-order valence-electron chi connectivity index (χ2n) is 6.14. The first kappa shape index (κ1) is 14.1. The number of hydrogen-bond acceptors (Lipinski definition) is 3. The molecule has 3 aliphatic rings. The third-order valence-corrected chi connectivity index (χ3v) is 5.85. The van der Waals surface area contributed by atoms with Gasteiger partial charge in [0.1, 0.15) is 11.7 Å². The van der Waals surface area contributed by atoms with Gasteiger partial charge in [-0.2, -0.15) is 0 Å². The molecular weight excluding hydrogens is 352 g/mol. The van der Waals surface area contributed by atoms with E-state index in [-0.39, 0.29) is 24.0 Å². The molecule has 0 unspecified atom stereocenters. The maximum absolute atomic E-state index is 12.3. The number of halogens is 1. The Bertz CT molecular complexity index is 690. The first-order valence-corrected chi connectivity index (χ1v) is 8.14. The van der Waals surface area contributed by atoms with Gasteiger partial charge in [0, 0.05) is 20.0 Å². The van der Waals surface area contributed by atoms with Gasteiger partial charge >= 0.3 is 6.03 Å². The van der Waals surface area contributed by atoms with Crippen molar-refractivity contribution in [3.63, 3.8) is 0 Å². The van der Waals surface area contributed by atoms with Gasteiger partial charge in [0.25, 0.3) is 5.91 Å². The second kappa shape index (κ2) is 4.26. The molecule has 1 saturated heterocycles. The van der Waals surface area contributed by atoms with Crippen LogP contribution in [0, 0.1) is 0 Å². The number of urea groups is 1. The predicted molar refractivity (Wildman–Crippen MR) is 81.3 cm³/mol. The van der Waals surface area contributed by atoms with Crippen LogP contribution in [-0.4, -0.2) is 62.8 Å². The smallest absolute Gasteiger partial charge is 0.322 e. The van der Waals surface area contributed by atoms with Gasteiger partial charge < -0.3 is 19.9 Å². The van der Waals surface area contributed by atoms with E-state index in [1.165, 1.54) is 4.90 Å². The Morgan fingerprint density at radius 2 is 2.18 bits per heavy atom. The highest BCUT2D eigenvalue weighted by Gasteiger charge is 2.66. The third-order valence-electron chi connectivity index (χ3n) is 5.20. The minimum Gasteiger partial charge on any atom is -0.368 e. The van der Waals surface area contributed by atoms with Crippen LogP contribution in [0.15, 0.2) is 16.7 Å². The van der Waals surface area contributed by atoms with Gasteiger partial charge in [-0.15, -0.1) is 0 Å². The van der Waals surface area contributed by atoms with Crippen molar-refractivity contribution in [1.29, 1.82) is 0 Å². The molecule has 2 aliphatic heterocycles. The van der Waals surface area contributed by atoms with E-state index in [9.17, 15) is 14.7 Å². The van der Waals surface area contributed by atoms with E-state index >= 15 is 0 Å². The summed E-state index contributed by atoms with van der Waals surface area (Å²) in [6.45, 7) is 2.28. The Balaban J connectivity index is 1.84. The van der Waals surface area contributed by atoms with E-state index < -0.39 is 11.8 Å². The van der Waals surface area contributed by atoms with Crippen LogP contribution >= 0.6 is 15.9 Å². The lowest BCUT2D eigenvalue weighted by atomic mass is 10.0. The van der Waals surface area contributed by atoms with Gasteiger partial charge in [-0.1, -0.05) is 0 Å². The fourth-order valence-corrected chi connectivity index (χ4v) is 4.94. The first-order chi connectivity index (χ1) is 10.4. The zero-order valence-corrected chi connectivity index (χ0v) is 13.9. The summed E-state index contributed by atoms with van der Waals surface area (Å²) in [5, 5.41) is 14.2. The number of nitrogens with zero attached hydrogens (tertiary/aromatic N) is 3. The molecule has 1 aromatic rings. The van der Waals surface area contributed by atoms with Gasteiger partial charge in [-0.05, 0) is 35.0 Å².